The zero-order valence-electron chi connectivity index (χ0n) is 12.4. The fourth-order valence-corrected chi connectivity index (χ4v) is 2.79. The summed E-state index contributed by atoms with van der Waals surface area (Å²) < 4.78 is 0. The Labute approximate surface area is 126 Å². The molecule has 1 fully saturated rings. The standard InChI is InChI=1S/C16H25N3O2/c17-13-6-8-14(9-7-13)18-16(21)5-3-11-19-10-2-1-4-15(19)12-20/h6-9,15,20H,1-5,10-12,17H2,(H,18,21). The van der Waals surface area contributed by atoms with Crippen molar-refractivity contribution in [3.05, 3.63) is 24.3 Å². The number of hydrogen-bond donors (Lipinski definition) is 3. The van der Waals surface area contributed by atoms with E-state index < -0.39 is 0 Å². The Bertz CT molecular complexity index is 447. The van der Waals surface area contributed by atoms with Gasteiger partial charge in [-0.2, -0.15) is 0 Å². The molecule has 1 atom stereocenters. The highest BCUT2D eigenvalue weighted by atomic mass is 16.3. The number of nitrogens with one attached hydrogen (secondary N) is 1. The van der Waals surface area contributed by atoms with Gasteiger partial charge in [-0.25, -0.2) is 0 Å². The predicted molar refractivity (Wildman–Crippen MR) is 85.0 cm³/mol. The Kier molecular flexibility index (Phi) is 6.02. The van der Waals surface area contributed by atoms with E-state index in [2.05, 4.69) is 10.2 Å². The van der Waals surface area contributed by atoms with Crippen molar-refractivity contribution in [3.8, 4) is 0 Å². The lowest BCUT2D eigenvalue weighted by Gasteiger charge is -2.34. The van der Waals surface area contributed by atoms with Crippen LogP contribution in [-0.2, 0) is 4.79 Å². The average Bonchev–Trinajstić information content (AvgIpc) is 2.50. The lowest BCUT2D eigenvalue weighted by molar-refractivity contribution is -0.116. The fourth-order valence-electron chi connectivity index (χ4n) is 2.79. The summed E-state index contributed by atoms with van der Waals surface area (Å²) >= 11 is 0. The maximum atomic E-state index is 11.9. The summed E-state index contributed by atoms with van der Waals surface area (Å²) in [5.41, 5.74) is 7.07. The normalized spacial score (nSPS) is 19.4. The van der Waals surface area contributed by atoms with E-state index in [1.54, 1.807) is 24.3 Å². The number of carbonyl (C=O) groups excluding carboxylic acids is 1. The molecule has 0 aromatic heterocycles. The topological polar surface area (TPSA) is 78.6 Å². The van der Waals surface area contributed by atoms with Gasteiger partial charge in [-0.1, -0.05) is 6.42 Å². The molecule has 0 bridgehead atoms. The highest BCUT2D eigenvalue weighted by Crippen LogP contribution is 2.17. The van der Waals surface area contributed by atoms with Crippen LogP contribution in [-0.4, -0.2) is 41.7 Å². The first-order valence-corrected chi connectivity index (χ1v) is 7.69. The quantitative estimate of drug-likeness (QED) is 0.699. The molecule has 0 spiro atoms. The second kappa shape index (κ2) is 8.00. The number of carbonyl (C=O) groups is 1. The first-order chi connectivity index (χ1) is 10.2. The van der Waals surface area contributed by atoms with Gasteiger partial charge in [0.2, 0.25) is 5.91 Å². The number of hydrogen-bond acceptors (Lipinski definition) is 4. The van der Waals surface area contributed by atoms with Gasteiger partial charge in [-0.3, -0.25) is 9.69 Å². The Morgan fingerprint density at radius 3 is 2.81 bits per heavy atom. The molecule has 1 amide bonds. The van der Waals surface area contributed by atoms with Crippen molar-refractivity contribution in [2.75, 3.05) is 30.7 Å². The molecule has 1 heterocycles. The Balaban J connectivity index is 1.70. The third-order valence-electron chi connectivity index (χ3n) is 4.00. The van der Waals surface area contributed by atoms with E-state index in [0.29, 0.717) is 12.1 Å². The third kappa shape index (κ3) is 5.02. The molecule has 0 saturated carbocycles. The number of nitrogen functional groups attached to an aromatic ring is 1. The van der Waals surface area contributed by atoms with E-state index in [1.807, 2.05) is 0 Å². The minimum Gasteiger partial charge on any atom is -0.399 e. The van der Waals surface area contributed by atoms with Crippen LogP contribution in [0, 0.1) is 0 Å². The zero-order chi connectivity index (χ0) is 15.1. The van der Waals surface area contributed by atoms with Crippen LogP contribution in [0.5, 0.6) is 0 Å². The van der Waals surface area contributed by atoms with Gasteiger partial charge >= 0.3 is 0 Å². The Morgan fingerprint density at radius 1 is 1.33 bits per heavy atom. The van der Waals surface area contributed by atoms with Crippen LogP contribution in [0.3, 0.4) is 0 Å². The van der Waals surface area contributed by atoms with Crippen molar-refractivity contribution >= 4 is 17.3 Å². The van der Waals surface area contributed by atoms with Crippen LogP contribution in [0.15, 0.2) is 24.3 Å². The van der Waals surface area contributed by atoms with E-state index >= 15 is 0 Å². The molecule has 2 rings (SSSR count). The van der Waals surface area contributed by atoms with Gasteiger partial charge in [-0.15, -0.1) is 0 Å². The van der Waals surface area contributed by atoms with Crippen LogP contribution in [0.25, 0.3) is 0 Å². The lowest BCUT2D eigenvalue weighted by Crippen LogP contribution is -2.42. The van der Waals surface area contributed by atoms with Crippen LogP contribution >= 0.6 is 0 Å². The second-order valence-corrected chi connectivity index (χ2v) is 5.64. The summed E-state index contributed by atoms with van der Waals surface area (Å²) in [6.45, 7) is 2.13. The maximum absolute atomic E-state index is 11.9. The number of nitrogens with two attached hydrogens (primary N) is 1. The minimum absolute atomic E-state index is 0.0253. The summed E-state index contributed by atoms with van der Waals surface area (Å²) in [4.78, 5) is 14.2. The largest absolute Gasteiger partial charge is 0.399 e. The molecular weight excluding hydrogens is 266 g/mol. The zero-order valence-corrected chi connectivity index (χ0v) is 12.4. The number of aliphatic hydroxyl groups is 1. The monoisotopic (exact) mass is 291 g/mol. The van der Waals surface area contributed by atoms with E-state index in [9.17, 15) is 9.90 Å². The van der Waals surface area contributed by atoms with Gasteiger partial charge < -0.3 is 16.2 Å². The van der Waals surface area contributed by atoms with Gasteiger partial charge in [0.05, 0.1) is 6.61 Å². The number of amides is 1. The third-order valence-corrected chi connectivity index (χ3v) is 4.00. The molecule has 1 saturated heterocycles. The van der Waals surface area contributed by atoms with Gasteiger partial charge in [0.1, 0.15) is 0 Å². The van der Waals surface area contributed by atoms with Crippen molar-refractivity contribution in [1.29, 1.82) is 0 Å². The molecule has 1 aliphatic rings. The van der Waals surface area contributed by atoms with Crippen LogP contribution in [0.4, 0.5) is 11.4 Å². The van der Waals surface area contributed by atoms with E-state index in [-0.39, 0.29) is 18.6 Å². The van der Waals surface area contributed by atoms with E-state index in [0.717, 1.165) is 31.6 Å². The molecule has 5 nitrogen and oxygen atoms in total. The van der Waals surface area contributed by atoms with Crippen LogP contribution in [0.1, 0.15) is 32.1 Å². The summed E-state index contributed by atoms with van der Waals surface area (Å²) in [5, 5.41) is 12.2. The van der Waals surface area contributed by atoms with Crippen molar-refractivity contribution in [3.63, 3.8) is 0 Å². The number of rotatable bonds is 6. The van der Waals surface area contributed by atoms with Gasteiger partial charge in [0.25, 0.3) is 0 Å². The molecule has 0 radical (unpaired) electrons. The molecule has 0 aliphatic carbocycles. The number of anilines is 2. The van der Waals surface area contributed by atoms with Gasteiger partial charge in [-0.05, 0) is 56.6 Å². The second-order valence-electron chi connectivity index (χ2n) is 5.64. The molecular formula is C16H25N3O2. The summed E-state index contributed by atoms with van der Waals surface area (Å²) in [5.74, 6) is 0.0253. The van der Waals surface area contributed by atoms with Crippen LogP contribution < -0.4 is 11.1 Å². The Morgan fingerprint density at radius 2 is 2.10 bits per heavy atom. The lowest BCUT2D eigenvalue weighted by atomic mass is 10.0. The molecule has 21 heavy (non-hydrogen) atoms. The number of aliphatic hydroxyl groups excluding tert-OH is 1. The summed E-state index contributed by atoms with van der Waals surface area (Å²) in [6, 6.07) is 7.43. The number of likely N-dealkylation sites (tertiary alicyclic amines) is 1. The fraction of sp³-hybridized carbons (Fsp3) is 0.562. The maximum Gasteiger partial charge on any atom is 0.224 e. The first-order valence-electron chi connectivity index (χ1n) is 7.69. The van der Waals surface area contributed by atoms with E-state index in [1.165, 1.54) is 12.8 Å². The number of benzene rings is 1. The number of nitrogens with zero attached hydrogens (tertiary/aromatic N) is 1. The number of piperidine rings is 1. The molecule has 1 aliphatic heterocycles. The van der Waals surface area contributed by atoms with Crippen molar-refractivity contribution in [2.45, 2.75) is 38.1 Å². The molecule has 116 valence electrons. The molecule has 1 aromatic carbocycles. The van der Waals surface area contributed by atoms with Crippen molar-refractivity contribution in [2.24, 2.45) is 0 Å². The van der Waals surface area contributed by atoms with E-state index in [4.69, 9.17) is 5.73 Å². The minimum atomic E-state index is 0.0253. The molecule has 5 heteroatoms. The predicted octanol–water partition coefficient (Wildman–Crippen LogP) is 1.83. The van der Waals surface area contributed by atoms with Crippen LogP contribution in [0.2, 0.25) is 0 Å². The molecule has 1 unspecified atom stereocenters. The van der Waals surface area contributed by atoms with Gasteiger partial charge in [0.15, 0.2) is 0 Å². The molecule has 4 N–H and O–H groups in total. The Hall–Kier alpha value is -1.59. The average molecular weight is 291 g/mol. The van der Waals surface area contributed by atoms with Gasteiger partial charge in [0, 0.05) is 23.8 Å². The summed E-state index contributed by atoms with van der Waals surface area (Å²) in [6.07, 6.45) is 4.76. The first kappa shape index (κ1) is 15.8. The summed E-state index contributed by atoms with van der Waals surface area (Å²) in [7, 11) is 0. The van der Waals surface area contributed by atoms with Crippen molar-refractivity contribution < 1.29 is 9.90 Å². The van der Waals surface area contributed by atoms with Crippen molar-refractivity contribution in [1.82, 2.24) is 4.90 Å². The highest BCUT2D eigenvalue weighted by Gasteiger charge is 2.21. The smallest absolute Gasteiger partial charge is 0.224 e. The SMILES string of the molecule is Nc1ccc(NC(=O)CCCN2CCCCC2CO)cc1. The molecule has 1 aromatic rings. The highest BCUT2D eigenvalue weighted by molar-refractivity contribution is 5.90.